The van der Waals surface area contributed by atoms with Gasteiger partial charge in [0.25, 0.3) is 0 Å². The van der Waals surface area contributed by atoms with Crippen molar-refractivity contribution >= 4 is 6.09 Å². The summed E-state index contributed by atoms with van der Waals surface area (Å²) in [5, 5.41) is 8.83. The molecule has 2 saturated heterocycles. The highest BCUT2D eigenvalue weighted by molar-refractivity contribution is 5.66. The van der Waals surface area contributed by atoms with Gasteiger partial charge in [0.15, 0.2) is 0 Å². The second-order valence-corrected chi connectivity index (χ2v) is 5.85. The van der Waals surface area contributed by atoms with Gasteiger partial charge in [0.2, 0.25) is 0 Å². The first-order valence-corrected chi connectivity index (χ1v) is 7.09. The molecule has 20 heavy (non-hydrogen) atoms. The fourth-order valence-corrected chi connectivity index (χ4v) is 2.91. The molecule has 0 saturated carbocycles. The molecule has 2 fully saturated rings. The molecule has 2 aliphatic rings. The Hall–Kier alpha value is -1.59. The summed E-state index contributed by atoms with van der Waals surface area (Å²) in [5.74, 6) is 0. The average molecular weight is 275 g/mol. The number of likely N-dealkylation sites (N-methyl/N-ethyl adjacent to an activating group) is 1. The maximum absolute atomic E-state index is 10.7. The van der Waals surface area contributed by atoms with Crippen molar-refractivity contribution in [2.24, 2.45) is 0 Å². The first-order valence-electron chi connectivity index (χ1n) is 7.09. The number of benzene rings is 1. The lowest BCUT2D eigenvalue weighted by atomic mass is 9.99. The first-order chi connectivity index (χ1) is 9.63. The molecule has 1 N–H and O–H groups in total. The third-order valence-electron chi connectivity index (χ3n) is 4.44. The minimum absolute atomic E-state index is 0.437. The van der Waals surface area contributed by atoms with Crippen LogP contribution in [0.25, 0.3) is 0 Å². The number of carbonyl (C=O) groups is 1. The monoisotopic (exact) mass is 275 g/mol. The predicted octanol–water partition coefficient (Wildman–Crippen LogP) is 1.16. The molecule has 1 aromatic rings. The number of rotatable bonds is 4. The molecule has 0 aromatic heterocycles. The van der Waals surface area contributed by atoms with E-state index in [4.69, 9.17) is 5.11 Å². The van der Waals surface area contributed by atoms with E-state index in [9.17, 15) is 4.79 Å². The fourth-order valence-electron chi connectivity index (χ4n) is 2.91. The SMILES string of the molecule is CN(Cc1ccccc1)C1CN(C2CN(C(=O)O)C2)C1. The number of hydrogen-bond acceptors (Lipinski definition) is 3. The first kappa shape index (κ1) is 13.4. The second kappa shape index (κ2) is 5.42. The van der Waals surface area contributed by atoms with Gasteiger partial charge in [-0.15, -0.1) is 0 Å². The minimum atomic E-state index is -0.792. The summed E-state index contributed by atoms with van der Waals surface area (Å²) in [6.45, 7) is 4.43. The van der Waals surface area contributed by atoms with Crippen molar-refractivity contribution in [2.45, 2.75) is 18.6 Å². The van der Waals surface area contributed by atoms with Crippen LogP contribution < -0.4 is 0 Å². The summed E-state index contributed by atoms with van der Waals surface area (Å²) in [6.07, 6.45) is -0.792. The molecule has 0 unspecified atom stereocenters. The Morgan fingerprint density at radius 3 is 2.50 bits per heavy atom. The molecular formula is C15H21N3O2. The predicted molar refractivity (Wildman–Crippen MR) is 76.7 cm³/mol. The zero-order valence-electron chi connectivity index (χ0n) is 11.8. The Bertz CT molecular complexity index is 467. The number of carboxylic acid groups (broad SMARTS) is 1. The quantitative estimate of drug-likeness (QED) is 0.896. The molecule has 2 aliphatic heterocycles. The Kier molecular flexibility index (Phi) is 3.63. The van der Waals surface area contributed by atoms with Crippen molar-refractivity contribution < 1.29 is 9.90 Å². The molecule has 1 amide bonds. The van der Waals surface area contributed by atoms with Crippen LogP contribution in [0.2, 0.25) is 0 Å². The number of likely N-dealkylation sites (tertiary alicyclic amines) is 2. The highest BCUT2D eigenvalue weighted by Gasteiger charge is 2.41. The van der Waals surface area contributed by atoms with Crippen LogP contribution in [0.3, 0.4) is 0 Å². The molecule has 0 bridgehead atoms. The lowest BCUT2D eigenvalue weighted by Gasteiger charge is -2.53. The van der Waals surface area contributed by atoms with Crippen LogP contribution in [0.4, 0.5) is 4.79 Å². The molecule has 0 radical (unpaired) electrons. The van der Waals surface area contributed by atoms with E-state index < -0.39 is 6.09 Å². The van der Waals surface area contributed by atoms with E-state index >= 15 is 0 Å². The zero-order chi connectivity index (χ0) is 14.1. The van der Waals surface area contributed by atoms with E-state index in [2.05, 4.69) is 41.1 Å². The Labute approximate surface area is 119 Å². The zero-order valence-corrected chi connectivity index (χ0v) is 11.8. The van der Waals surface area contributed by atoms with Crippen LogP contribution in [-0.4, -0.2) is 71.2 Å². The van der Waals surface area contributed by atoms with E-state index in [-0.39, 0.29) is 0 Å². The summed E-state index contributed by atoms with van der Waals surface area (Å²) >= 11 is 0. The normalized spacial score (nSPS) is 20.8. The molecule has 0 spiro atoms. The summed E-state index contributed by atoms with van der Waals surface area (Å²) < 4.78 is 0. The molecule has 5 nitrogen and oxygen atoms in total. The Morgan fingerprint density at radius 1 is 1.25 bits per heavy atom. The van der Waals surface area contributed by atoms with Crippen molar-refractivity contribution in [3.05, 3.63) is 35.9 Å². The van der Waals surface area contributed by atoms with Crippen LogP contribution in [0.1, 0.15) is 5.56 Å². The van der Waals surface area contributed by atoms with Crippen LogP contribution in [0.15, 0.2) is 30.3 Å². The second-order valence-electron chi connectivity index (χ2n) is 5.85. The standard InChI is InChI=1S/C15H21N3O2/c1-16(7-12-5-3-2-4-6-12)13-8-17(9-13)14-10-18(11-14)15(19)20/h2-6,13-14H,7-11H2,1H3,(H,19,20). The van der Waals surface area contributed by atoms with Crippen molar-refractivity contribution in [1.82, 2.24) is 14.7 Å². The molecule has 0 atom stereocenters. The molecule has 3 rings (SSSR count). The Morgan fingerprint density at radius 2 is 1.90 bits per heavy atom. The smallest absolute Gasteiger partial charge is 0.407 e. The maximum Gasteiger partial charge on any atom is 0.407 e. The van der Waals surface area contributed by atoms with Gasteiger partial charge in [-0.3, -0.25) is 9.80 Å². The number of nitrogens with zero attached hydrogens (tertiary/aromatic N) is 3. The Balaban J connectivity index is 1.41. The third kappa shape index (κ3) is 2.64. The van der Waals surface area contributed by atoms with Gasteiger partial charge in [0.1, 0.15) is 0 Å². The van der Waals surface area contributed by atoms with Crippen molar-refractivity contribution in [2.75, 3.05) is 33.2 Å². The van der Waals surface area contributed by atoms with Gasteiger partial charge >= 0.3 is 6.09 Å². The van der Waals surface area contributed by atoms with Crippen LogP contribution >= 0.6 is 0 Å². The average Bonchev–Trinajstić information content (AvgIpc) is 2.30. The lowest BCUT2D eigenvalue weighted by molar-refractivity contribution is -0.0396. The van der Waals surface area contributed by atoms with Crippen molar-refractivity contribution in [3.8, 4) is 0 Å². The molecular weight excluding hydrogens is 254 g/mol. The molecule has 5 heteroatoms. The maximum atomic E-state index is 10.7. The summed E-state index contributed by atoms with van der Waals surface area (Å²) in [7, 11) is 2.17. The largest absolute Gasteiger partial charge is 0.465 e. The number of amides is 1. The van der Waals surface area contributed by atoms with E-state index in [0.717, 1.165) is 19.6 Å². The van der Waals surface area contributed by atoms with E-state index in [1.165, 1.54) is 10.5 Å². The van der Waals surface area contributed by atoms with E-state index in [1.807, 2.05) is 6.07 Å². The summed E-state index contributed by atoms with van der Waals surface area (Å²) in [6, 6.07) is 11.5. The fraction of sp³-hybridized carbons (Fsp3) is 0.533. The molecule has 2 heterocycles. The van der Waals surface area contributed by atoms with Gasteiger partial charge in [0.05, 0.1) is 0 Å². The number of hydrogen-bond donors (Lipinski definition) is 1. The van der Waals surface area contributed by atoms with Gasteiger partial charge in [0, 0.05) is 44.8 Å². The van der Waals surface area contributed by atoms with Gasteiger partial charge in [-0.2, -0.15) is 0 Å². The van der Waals surface area contributed by atoms with E-state index in [1.54, 1.807) is 0 Å². The third-order valence-corrected chi connectivity index (χ3v) is 4.44. The van der Waals surface area contributed by atoms with Crippen LogP contribution in [-0.2, 0) is 6.54 Å². The highest BCUT2D eigenvalue weighted by atomic mass is 16.4. The highest BCUT2D eigenvalue weighted by Crippen LogP contribution is 2.23. The van der Waals surface area contributed by atoms with Gasteiger partial charge in [-0.1, -0.05) is 30.3 Å². The van der Waals surface area contributed by atoms with E-state index in [0.29, 0.717) is 25.2 Å². The van der Waals surface area contributed by atoms with Gasteiger partial charge in [-0.25, -0.2) is 4.79 Å². The minimum Gasteiger partial charge on any atom is -0.465 e. The summed E-state index contributed by atoms with van der Waals surface area (Å²) in [5.41, 5.74) is 1.34. The topological polar surface area (TPSA) is 47.0 Å². The molecule has 0 aliphatic carbocycles. The van der Waals surface area contributed by atoms with Gasteiger partial charge in [-0.05, 0) is 12.6 Å². The van der Waals surface area contributed by atoms with Crippen molar-refractivity contribution in [1.29, 1.82) is 0 Å². The van der Waals surface area contributed by atoms with Crippen LogP contribution in [0.5, 0.6) is 0 Å². The summed E-state index contributed by atoms with van der Waals surface area (Å²) in [4.78, 5) is 17.0. The van der Waals surface area contributed by atoms with Crippen molar-refractivity contribution in [3.63, 3.8) is 0 Å². The lowest BCUT2D eigenvalue weighted by Crippen LogP contribution is -2.69. The van der Waals surface area contributed by atoms with Gasteiger partial charge < -0.3 is 10.0 Å². The van der Waals surface area contributed by atoms with Crippen LogP contribution in [0, 0.1) is 0 Å². The molecule has 1 aromatic carbocycles. The molecule has 108 valence electrons.